The normalized spacial score (nSPS) is 9.83. The van der Waals surface area contributed by atoms with Crippen LogP contribution >= 0.6 is 0 Å². The van der Waals surface area contributed by atoms with Crippen molar-refractivity contribution in [2.45, 2.75) is 20.5 Å². The summed E-state index contributed by atoms with van der Waals surface area (Å²) in [5, 5.41) is 8.83. The molecule has 0 amide bonds. The van der Waals surface area contributed by atoms with Gasteiger partial charge in [-0.2, -0.15) is 5.26 Å². The minimum atomic E-state index is 0.485. The standard InChI is InChI=1S/C16H15NO/c1-12-6-13(2)8-16(7-12)18-11-15-5-3-4-14(9-15)10-17/h3-9H,11H2,1-2H3. The van der Waals surface area contributed by atoms with Gasteiger partial charge < -0.3 is 4.74 Å². The molecule has 18 heavy (non-hydrogen) atoms. The average Bonchev–Trinajstić information content (AvgIpc) is 2.35. The highest BCUT2D eigenvalue weighted by Crippen LogP contribution is 2.17. The number of nitrogens with zero attached hydrogens (tertiary/aromatic N) is 1. The number of hydrogen-bond donors (Lipinski definition) is 0. The highest BCUT2D eigenvalue weighted by molar-refractivity contribution is 5.35. The Morgan fingerprint density at radius 2 is 1.78 bits per heavy atom. The third-order valence-corrected chi connectivity index (χ3v) is 2.66. The molecule has 0 bridgehead atoms. The van der Waals surface area contributed by atoms with E-state index in [1.807, 2.05) is 30.3 Å². The quantitative estimate of drug-likeness (QED) is 0.814. The fraction of sp³-hybridized carbons (Fsp3) is 0.188. The van der Waals surface area contributed by atoms with Crippen molar-refractivity contribution in [3.8, 4) is 11.8 Å². The molecule has 0 aliphatic carbocycles. The van der Waals surface area contributed by atoms with Gasteiger partial charge in [-0.3, -0.25) is 0 Å². The first kappa shape index (κ1) is 12.2. The number of benzene rings is 2. The van der Waals surface area contributed by atoms with Crippen molar-refractivity contribution in [2.75, 3.05) is 0 Å². The van der Waals surface area contributed by atoms with Crippen LogP contribution in [0.3, 0.4) is 0 Å². The van der Waals surface area contributed by atoms with Crippen molar-refractivity contribution in [2.24, 2.45) is 0 Å². The summed E-state index contributed by atoms with van der Waals surface area (Å²) in [5.74, 6) is 0.870. The molecular formula is C16H15NO. The van der Waals surface area contributed by atoms with E-state index >= 15 is 0 Å². The lowest BCUT2D eigenvalue weighted by molar-refractivity contribution is 0.306. The lowest BCUT2D eigenvalue weighted by Crippen LogP contribution is -1.96. The Morgan fingerprint density at radius 3 is 2.44 bits per heavy atom. The van der Waals surface area contributed by atoms with E-state index < -0.39 is 0 Å². The molecule has 0 fully saturated rings. The maximum Gasteiger partial charge on any atom is 0.120 e. The van der Waals surface area contributed by atoms with Crippen LogP contribution in [-0.4, -0.2) is 0 Å². The Labute approximate surface area is 107 Å². The van der Waals surface area contributed by atoms with Crippen molar-refractivity contribution >= 4 is 0 Å². The summed E-state index contributed by atoms with van der Waals surface area (Å²) in [7, 11) is 0. The Morgan fingerprint density at radius 1 is 1.06 bits per heavy atom. The molecule has 0 aromatic heterocycles. The van der Waals surface area contributed by atoms with Crippen LogP contribution in [0.15, 0.2) is 42.5 Å². The van der Waals surface area contributed by atoms with E-state index in [1.54, 1.807) is 6.07 Å². The zero-order chi connectivity index (χ0) is 13.0. The number of ether oxygens (including phenoxy) is 1. The predicted octanol–water partition coefficient (Wildman–Crippen LogP) is 3.75. The van der Waals surface area contributed by atoms with Gasteiger partial charge in [0, 0.05) is 0 Å². The highest BCUT2D eigenvalue weighted by Gasteiger charge is 1.99. The number of hydrogen-bond acceptors (Lipinski definition) is 2. The minimum absolute atomic E-state index is 0.485. The molecule has 0 unspecified atom stereocenters. The Balaban J connectivity index is 2.09. The predicted molar refractivity (Wildman–Crippen MR) is 71.4 cm³/mol. The smallest absolute Gasteiger partial charge is 0.120 e. The van der Waals surface area contributed by atoms with Crippen LogP contribution in [0.25, 0.3) is 0 Å². The number of rotatable bonds is 3. The molecule has 0 saturated heterocycles. The lowest BCUT2D eigenvalue weighted by atomic mass is 10.1. The van der Waals surface area contributed by atoms with E-state index in [0.29, 0.717) is 12.2 Å². The summed E-state index contributed by atoms with van der Waals surface area (Å²) >= 11 is 0. The molecule has 2 aromatic rings. The molecule has 2 aromatic carbocycles. The van der Waals surface area contributed by atoms with Gasteiger partial charge in [0.1, 0.15) is 12.4 Å². The van der Waals surface area contributed by atoms with Gasteiger partial charge in [-0.05, 0) is 54.8 Å². The summed E-state index contributed by atoms with van der Waals surface area (Å²) in [6.45, 7) is 4.59. The van der Waals surface area contributed by atoms with E-state index in [9.17, 15) is 0 Å². The lowest BCUT2D eigenvalue weighted by Gasteiger charge is -2.08. The molecule has 2 heteroatoms. The molecule has 2 nitrogen and oxygen atoms in total. The third-order valence-electron chi connectivity index (χ3n) is 2.66. The summed E-state index contributed by atoms with van der Waals surface area (Å²) < 4.78 is 5.74. The van der Waals surface area contributed by atoms with Gasteiger partial charge in [0.25, 0.3) is 0 Å². The fourth-order valence-electron chi connectivity index (χ4n) is 1.91. The van der Waals surface area contributed by atoms with E-state index in [1.165, 1.54) is 11.1 Å². The molecular weight excluding hydrogens is 222 g/mol. The average molecular weight is 237 g/mol. The van der Waals surface area contributed by atoms with Gasteiger partial charge in [0.15, 0.2) is 0 Å². The van der Waals surface area contributed by atoms with Crippen molar-refractivity contribution < 1.29 is 4.74 Å². The van der Waals surface area contributed by atoms with E-state index in [-0.39, 0.29) is 0 Å². The molecule has 0 N–H and O–H groups in total. The SMILES string of the molecule is Cc1cc(C)cc(OCc2cccc(C#N)c2)c1. The van der Waals surface area contributed by atoms with E-state index in [4.69, 9.17) is 10.00 Å². The molecule has 0 aliphatic rings. The van der Waals surface area contributed by atoms with Crippen LogP contribution in [0.2, 0.25) is 0 Å². The van der Waals surface area contributed by atoms with Crippen LogP contribution < -0.4 is 4.74 Å². The van der Waals surface area contributed by atoms with Gasteiger partial charge in [-0.1, -0.05) is 18.2 Å². The maximum absolute atomic E-state index is 8.83. The monoisotopic (exact) mass is 237 g/mol. The minimum Gasteiger partial charge on any atom is -0.489 e. The van der Waals surface area contributed by atoms with Crippen molar-refractivity contribution in [1.29, 1.82) is 5.26 Å². The summed E-state index contributed by atoms with van der Waals surface area (Å²) in [6, 6.07) is 15.7. The van der Waals surface area contributed by atoms with Gasteiger partial charge in [-0.15, -0.1) is 0 Å². The summed E-state index contributed by atoms with van der Waals surface area (Å²) in [6.07, 6.45) is 0. The molecule has 0 aliphatic heterocycles. The molecule has 2 rings (SSSR count). The van der Waals surface area contributed by atoms with Crippen LogP contribution in [0.5, 0.6) is 5.75 Å². The first-order valence-electron chi connectivity index (χ1n) is 5.87. The van der Waals surface area contributed by atoms with Gasteiger partial charge in [0.2, 0.25) is 0 Å². The van der Waals surface area contributed by atoms with Gasteiger partial charge in [0.05, 0.1) is 11.6 Å². The van der Waals surface area contributed by atoms with Crippen LogP contribution in [0.4, 0.5) is 0 Å². The van der Waals surface area contributed by atoms with E-state index in [2.05, 4.69) is 26.0 Å². The third kappa shape index (κ3) is 3.11. The zero-order valence-electron chi connectivity index (χ0n) is 10.6. The second kappa shape index (κ2) is 5.37. The van der Waals surface area contributed by atoms with Crippen molar-refractivity contribution in [1.82, 2.24) is 0 Å². The highest BCUT2D eigenvalue weighted by atomic mass is 16.5. The molecule has 0 spiro atoms. The van der Waals surface area contributed by atoms with Crippen LogP contribution in [0, 0.1) is 25.2 Å². The Bertz CT molecular complexity index is 576. The first-order valence-corrected chi connectivity index (χ1v) is 5.87. The number of nitriles is 1. The second-order valence-corrected chi connectivity index (χ2v) is 4.42. The van der Waals surface area contributed by atoms with Gasteiger partial charge >= 0.3 is 0 Å². The maximum atomic E-state index is 8.83. The Hall–Kier alpha value is -2.27. The molecule has 90 valence electrons. The second-order valence-electron chi connectivity index (χ2n) is 4.42. The summed E-state index contributed by atoms with van der Waals surface area (Å²) in [5.41, 5.74) is 4.05. The van der Waals surface area contributed by atoms with Crippen LogP contribution in [0.1, 0.15) is 22.3 Å². The topological polar surface area (TPSA) is 33.0 Å². The Kier molecular flexibility index (Phi) is 3.64. The first-order chi connectivity index (χ1) is 8.67. The van der Waals surface area contributed by atoms with E-state index in [0.717, 1.165) is 11.3 Å². The molecule has 0 radical (unpaired) electrons. The van der Waals surface area contributed by atoms with Crippen molar-refractivity contribution in [3.63, 3.8) is 0 Å². The van der Waals surface area contributed by atoms with Crippen molar-refractivity contribution in [3.05, 3.63) is 64.7 Å². The molecule has 0 heterocycles. The van der Waals surface area contributed by atoms with Gasteiger partial charge in [-0.25, -0.2) is 0 Å². The number of aryl methyl sites for hydroxylation is 2. The summed E-state index contributed by atoms with van der Waals surface area (Å²) in [4.78, 5) is 0. The molecule has 0 saturated carbocycles. The fourth-order valence-corrected chi connectivity index (χ4v) is 1.91. The molecule has 0 atom stereocenters. The van der Waals surface area contributed by atoms with Crippen LogP contribution in [-0.2, 0) is 6.61 Å². The largest absolute Gasteiger partial charge is 0.489 e. The zero-order valence-corrected chi connectivity index (χ0v) is 10.6.